The average Bonchev–Trinajstić information content (AvgIpc) is 2.79. The first kappa shape index (κ1) is 18.4. The van der Waals surface area contributed by atoms with Gasteiger partial charge in [-0.1, -0.05) is 48.5 Å². The van der Waals surface area contributed by atoms with Crippen molar-refractivity contribution in [2.75, 3.05) is 17.3 Å². The number of aromatic nitrogens is 3. The van der Waals surface area contributed by atoms with Gasteiger partial charge in [-0.2, -0.15) is 10.1 Å². The number of nitrogens with zero attached hydrogens (tertiary/aromatic N) is 4. The zero-order chi connectivity index (χ0) is 19.9. The fourth-order valence-corrected chi connectivity index (χ4v) is 2.79. The lowest BCUT2D eigenvalue weighted by molar-refractivity contribution is 0.306. The van der Waals surface area contributed by atoms with E-state index in [1.54, 1.807) is 6.20 Å². The van der Waals surface area contributed by atoms with Crippen LogP contribution in [0.2, 0.25) is 0 Å². The molecule has 0 aliphatic rings. The molecule has 1 heterocycles. The maximum Gasteiger partial charge on any atom is 0.251 e. The normalized spacial score (nSPS) is 10.4. The first-order valence-electron chi connectivity index (χ1n) is 9.30. The number of anilines is 4. The van der Waals surface area contributed by atoms with Crippen LogP contribution < -0.4 is 15.0 Å². The van der Waals surface area contributed by atoms with E-state index in [0.717, 1.165) is 22.7 Å². The van der Waals surface area contributed by atoms with Gasteiger partial charge in [0.05, 0.1) is 6.20 Å². The fourth-order valence-electron chi connectivity index (χ4n) is 2.79. The molecule has 0 amide bonds. The summed E-state index contributed by atoms with van der Waals surface area (Å²) in [6.07, 6.45) is 1.60. The Kier molecular flexibility index (Phi) is 5.62. The van der Waals surface area contributed by atoms with Crippen molar-refractivity contribution in [1.82, 2.24) is 15.2 Å². The molecule has 6 nitrogen and oxygen atoms in total. The first-order chi connectivity index (χ1) is 14.3. The van der Waals surface area contributed by atoms with Crippen LogP contribution in [0.4, 0.5) is 23.1 Å². The highest BCUT2D eigenvalue weighted by atomic mass is 16.5. The Hall–Kier alpha value is -3.93. The van der Waals surface area contributed by atoms with Crippen molar-refractivity contribution in [1.29, 1.82) is 0 Å². The molecule has 0 aliphatic carbocycles. The summed E-state index contributed by atoms with van der Waals surface area (Å²) >= 11 is 0. The van der Waals surface area contributed by atoms with Crippen molar-refractivity contribution >= 4 is 23.1 Å². The molecule has 1 aromatic heterocycles. The molecule has 0 unspecified atom stereocenters. The van der Waals surface area contributed by atoms with Crippen molar-refractivity contribution < 1.29 is 4.74 Å². The fraction of sp³-hybridized carbons (Fsp3) is 0.0870. The summed E-state index contributed by atoms with van der Waals surface area (Å²) in [4.78, 5) is 6.44. The molecule has 0 spiro atoms. The molecule has 0 saturated heterocycles. The second-order valence-electron chi connectivity index (χ2n) is 6.46. The van der Waals surface area contributed by atoms with Crippen LogP contribution in [-0.4, -0.2) is 22.2 Å². The van der Waals surface area contributed by atoms with Gasteiger partial charge in [0.25, 0.3) is 5.95 Å². The second kappa shape index (κ2) is 8.84. The predicted octanol–water partition coefficient (Wildman–Crippen LogP) is 4.96. The van der Waals surface area contributed by atoms with E-state index in [4.69, 9.17) is 4.74 Å². The Morgan fingerprint density at radius 2 is 1.55 bits per heavy atom. The van der Waals surface area contributed by atoms with E-state index in [9.17, 15) is 0 Å². The molecular weight excluding hydrogens is 362 g/mol. The number of rotatable bonds is 7. The molecule has 4 aromatic rings. The minimum atomic E-state index is 0.518. The van der Waals surface area contributed by atoms with Gasteiger partial charge in [-0.15, -0.1) is 5.10 Å². The average molecular weight is 383 g/mol. The van der Waals surface area contributed by atoms with Crippen LogP contribution in [-0.2, 0) is 6.61 Å². The monoisotopic (exact) mass is 383 g/mol. The first-order valence-corrected chi connectivity index (χ1v) is 9.30. The third-order valence-corrected chi connectivity index (χ3v) is 4.37. The van der Waals surface area contributed by atoms with Gasteiger partial charge in [0, 0.05) is 18.4 Å². The summed E-state index contributed by atoms with van der Waals surface area (Å²) in [5, 5.41) is 11.5. The summed E-state index contributed by atoms with van der Waals surface area (Å²) in [5.74, 6) is 1.95. The molecule has 4 rings (SSSR count). The Morgan fingerprint density at radius 1 is 0.862 bits per heavy atom. The highest BCUT2D eigenvalue weighted by molar-refractivity contribution is 5.60. The summed E-state index contributed by atoms with van der Waals surface area (Å²) in [6, 6.07) is 27.8. The Morgan fingerprint density at radius 3 is 2.28 bits per heavy atom. The van der Waals surface area contributed by atoms with Crippen LogP contribution >= 0.6 is 0 Å². The van der Waals surface area contributed by atoms with Gasteiger partial charge in [0.1, 0.15) is 12.4 Å². The number of para-hydroxylation sites is 1. The Bertz CT molecular complexity index is 1040. The standard InChI is InChI=1S/C23H21N5O/c1-28(20-10-6-3-7-11-20)23-26-22(16-24-27-23)25-19-12-14-21(15-13-19)29-17-18-8-4-2-5-9-18/h2-16H,17H2,1H3,(H,25,26,27). The lowest BCUT2D eigenvalue weighted by Gasteiger charge is -2.17. The topological polar surface area (TPSA) is 63.2 Å². The van der Waals surface area contributed by atoms with Crippen LogP contribution in [0.3, 0.4) is 0 Å². The minimum absolute atomic E-state index is 0.518. The molecule has 29 heavy (non-hydrogen) atoms. The molecule has 0 atom stereocenters. The van der Waals surface area contributed by atoms with E-state index >= 15 is 0 Å². The lowest BCUT2D eigenvalue weighted by Crippen LogP contribution is -2.14. The van der Waals surface area contributed by atoms with E-state index in [0.29, 0.717) is 18.4 Å². The van der Waals surface area contributed by atoms with E-state index in [1.165, 1.54) is 0 Å². The number of ether oxygens (including phenoxy) is 1. The predicted molar refractivity (Wildman–Crippen MR) is 115 cm³/mol. The van der Waals surface area contributed by atoms with Crippen molar-refractivity contribution in [3.63, 3.8) is 0 Å². The highest BCUT2D eigenvalue weighted by Crippen LogP contribution is 2.22. The zero-order valence-electron chi connectivity index (χ0n) is 16.1. The quantitative estimate of drug-likeness (QED) is 0.486. The molecule has 0 radical (unpaired) electrons. The summed E-state index contributed by atoms with van der Waals surface area (Å²) < 4.78 is 5.82. The van der Waals surface area contributed by atoms with Gasteiger partial charge in [0.15, 0.2) is 5.82 Å². The zero-order valence-corrected chi connectivity index (χ0v) is 16.1. The molecule has 3 aromatic carbocycles. The lowest BCUT2D eigenvalue weighted by atomic mass is 10.2. The molecule has 1 N–H and O–H groups in total. The summed E-state index contributed by atoms with van der Waals surface area (Å²) in [7, 11) is 1.91. The molecule has 0 saturated carbocycles. The number of benzene rings is 3. The molecule has 0 fully saturated rings. The highest BCUT2D eigenvalue weighted by Gasteiger charge is 2.08. The van der Waals surface area contributed by atoms with Crippen LogP contribution in [0, 0.1) is 0 Å². The molecule has 6 heteroatoms. The van der Waals surface area contributed by atoms with E-state index < -0.39 is 0 Å². The van der Waals surface area contributed by atoms with Crippen LogP contribution in [0.1, 0.15) is 5.56 Å². The van der Waals surface area contributed by atoms with Crippen LogP contribution in [0.5, 0.6) is 5.75 Å². The second-order valence-corrected chi connectivity index (χ2v) is 6.46. The van der Waals surface area contributed by atoms with Crippen molar-refractivity contribution in [3.05, 3.63) is 96.7 Å². The Labute approximate surface area is 169 Å². The van der Waals surface area contributed by atoms with Crippen molar-refractivity contribution in [3.8, 4) is 5.75 Å². The summed E-state index contributed by atoms with van der Waals surface area (Å²) in [5.41, 5.74) is 3.02. The van der Waals surface area contributed by atoms with E-state index in [-0.39, 0.29) is 0 Å². The number of hydrogen-bond donors (Lipinski definition) is 1. The van der Waals surface area contributed by atoms with Crippen LogP contribution in [0.15, 0.2) is 91.1 Å². The molecular formula is C23H21N5O. The molecule has 0 bridgehead atoms. The van der Waals surface area contributed by atoms with Gasteiger partial charge >= 0.3 is 0 Å². The summed E-state index contributed by atoms with van der Waals surface area (Å²) in [6.45, 7) is 0.540. The maximum atomic E-state index is 5.82. The largest absolute Gasteiger partial charge is 0.489 e. The third kappa shape index (κ3) is 4.87. The van der Waals surface area contributed by atoms with E-state index in [2.05, 4.69) is 20.5 Å². The van der Waals surface area contributed by atoms with Gasteiger partial charge in [-0.25, -0.2) is 0 Å². The minimum Gasteiger partial charge on any atom is -0.489 e. The van der Waals surface area contributed by atoms with Crippen molar-refractivity contribution in [2.24, 2.45) is 0 Å². The van der Waals surface area contributed by atoms with Crippen LogP contribution in [0.25, 0.3) is 0 Å². The van der Waals surface area contributed by atoms with E-state index in [1.807, 2.05) is 96.9 Å². The van der Waals surface area contributed by atoms with Gasteiger partial charge in [0.2, 0.25) is 0 Å². The third-order valence-electron chi connectivity index (χ3n) is 4.37. The van der Waals surface area contributed by atoms with Gasteiger partial charge < -0.3 is 15.0 Å². The SMILES string of the molecule is CN(c1ccccc1)c1nncc(Nc2ccc(OCc3ccccc3)cc2)n1. The molecule has 0 aliphatic heterocycles. The van der Waals surface area contributed by atoms with Crippen molar-refractivity contribution in [2.45, 2.75) is 6.61 Å². The smallest absolute Gasteiger partial charge is 0.251 e. The number of nitrogens with one attached hydrogen (secondary N) is 1. The maximum absolute atomic E-state index is 5.82. The van der Waals surface area contributed by atoms with Gasteiger partial charge in [-0.3, -0.25) is 0 Å². The number of hydrogen-bond acceptors (Lipinski definition) is 6. The van der Waals surface area contributed by atoms with Gasteiger partial charge in [-0.05, 0) is 42.0 Å². The molecule has 144 valence electrons. The Balaban J connectivity index is 1.40.